The first kappa shape index (κ1) is 22.1. The van der Waals surface area contributed by atoms with Crippen LogP contribution in [0.25, 0.3) is 22.4 Å². The Balaban J connectivity index is 1.62. The summed E-state index contributed by atoms with van der Waals surface area (Å²) in [5.74, 6) is 0.310. The molecule has 0 saturated heterocycles. The van der Waals surface area contributed by atoms with Crippen LogP contribution >= 0.6 is 11.6 Å². The van der Waals surface area contributed by atoms with Crippen molar-refractivity contribution in [3.63, 3.8) is 0 Å². The molecule has 32 heavy (non-hydrogen) atoms. The molecule has 166 valence electrons. The normalized spacial score (nSPS) is 12.4. The number of aliphatic carboxylic acids is 1. The summed E-state index contributed by atoms with van der Waals surface area (Å²) >= 11 is 6.30. The van der Waals surface area contributed by atoms with Gasteiger partial charge in [-0.15, -0.1) is 0 Å². The molecule has 0 aliphatic carbocycles. The number of aromatic nitrogens is 2. The highest BCUT2D eigenvalue weighted by molar-refractivity contribution is 6.33. The minimum Gasteiger partial charge on any atom is -0.479 e. The lowest BCUT2D eigenvalue weighted by Gasteiger charge is -2.15. The van der Waals surface area contributed by atoms with Gasteiger partial charge < -0.3 is 18.8 Å². The molecule has 0 amide bonds. The van der Waals surface area contributed by atoms with Crippen LogP contribution in [0.15, 0.2) is 53.1 Å². The fraction of sp³-hybridized carbons (Fsp3) is 0.280. The summed E-state index contributed by atoms with van der Waals surface area (Å²) in [5, 5.41) is 11.1. The van der Waals surface area contributed by atoms with Gasteiger partial charge in [-0.25, -0.2) is 9.78 Å². The number of aryl methyl sites for hydroxylation is 2. The molecule has 0 radical (unpaired) electrons. The second-order valence-electron chi connectivity index (χ2n) is 7.71. The number of carboxylic acid groups (broad SMARTS) is 1. The van der Waals surface area contributed by atoms with Gasteiger partial charge in [0.25, 0.3) is 0 Å². The zero-order valence-electron chi connectivity index (χ0n) is 18.3. The summed E-state index contributed by atoms with van der Waals surface area (Å²) in [6.07, 6.45) is 1.50. The minimum atomic E-state index is -0.945. The van der Waals surface area contributed by atoms with E-state index in [0.29, 0.717) is 30.5 Å². The van der Waals surface area contributed by atoms with E-state index >= 15 is 0 Å². The Bertz CT molecular complexity index is 1270. The number of carboxylic acids is 1. The number of fused-ring (bicyclic) bond motifs is 1. The molecular formula is C25H25ClN2O4. The van der Waals surface area contributed by atoms with Crippen molar-refractivity contribution in [3.8, 4) is 11.5 Å². The van der Waals surface area contributed by atoms with Gasteiger partial charge in [0.15, 0.2) is 6.10 Å². The van der Waals surface area contributed by atoms with E-state index in [1.807, 2.05) is 56.4 Å². The zero-order valence-corrected chi connectivity index (χ0v) is 19.0. The van der Waals surface area contributed by atoms with Gasteiger partial charge in [-0.05, 0) is 56.2 Å². The summed E-state index contributed by atoms with van der Waals surface area (Å²) in [4.78, 5) is 16.2. The third-order valence-electron chi connectivity index (χ3n) is 5.70. The molecular weight excluding hydrogens is 428 g/mol. The van der Waals surface area contributed by atoms with E-state index in [-0.39, 0.29) is 0 Å². The van der Waals surface area contributed by atoms with Gasteiger partial charge in [0.1, 0.15) is 11.5 Å². The average molecular weight is 453 g/mol. The number of nitrogens with zero attached hydrogens (tertiary/aromatic N) is 2. The highest BCUT2D eigenvalue weighted by Gasteiger charge is 2.20. The second-order valence-corrected chi connectivity index (χ2v) is 8.12. The maximum atomic E-state index is 11.5. The Morgan fingerprint density at radius 1 is 1.22 bits per heavy atom. The summed E-state index contributed by atoms with van der Waals surface area (Å²) < 4.78 is 13.4. The Morgan fingerprint density at radius 2 is 2.00 bits per heavy atom. The summed E-state index contributed by atoms with van der Waals surface area (Å²) in [5.41, 5.74) is 4.68. The Kier molecular flexibility index (Phi) is 6.35. The second kappa shape index (κ2) is 9.18. The lowest BCUT2D eigenvalue weighted by Crippen LogP contribution is -2.26. The number of hydrogen-bond donors (Lipinski definition) is 1. The number of hydrogen-bond acceptors (Lipinski definition) is 4. The molecule has 1 N–H and O–H groups in total. The molecule has 0 aliphatic heterocycles. The van der Waals surface area contributed by atoms with Crippen molar-refractivity contribution in [2.24, 2.45) is 0 Å². The van der Waals surface area contributed by atoms with E-state index in [0.717, 1.165) is 39.0 Å². The van der Waals surface area contributed by atoms with Crippen molar-refractivity contribution >= 4 is 28.5 Å². The number of carbonyl (C=O) groups is 1. The largest absolute Gasteiger partial charge is 0.479 e. The van der Waals surface area contributed by atoms with Crippen LogP contribution in [0.5, 0.6) is 0 Å². The first-order chi connectivity index (χ1) is 15.4. The molecule has 0 spiro atoms. The molecule has 2 aromatic heterocycles. The molecule has 1 atom stereocenters. The van der Waals surface area contributed by atoms with Crippen molar-refractivity contribution in [2.75, 3.05) is 6.61 Å². The lowest BCUT2D eigenvalue weighted by molar-refractivity contribution is -0.149. The number of oxazole rings is 1. The lowest BCUT2D eigenvalue weighted by atomic mass is 9.99. The van der Waals surface area contributed by atoms with E-state index in [4.69, 9.17) is 20.8 Å². The van der Waals surface area contributed by atoms with Crippen molar-refractivity contribution in [1.82, 2.24) is 9.55 Å². The SMILES string of the molecule is CCOC(Cc1ccc2c(ccn2Cc2nc(-c3ccccc3Cl)oc2C)c1C)C(=O)O. The molecule has 0 fully saturated rings. The number of halogens is 1. The van der Waals surface area contributed by atoms with Crippen molar-refractivity contribution in [3.05, 3.63) is 76.3 Å². The molecule has 1 unspecified atom stereocenters. The Hall–Kier alpha value is -3.09. The monoisotopic (exact) mass is 452 g/mol. The van der Waals surface area contributed by atoms with Crippen LogP contribution in [0.4, 0.5) is 0 Å². The van der Waals surface area contributed by atoms with Crippen molar-refractivity contribution < 1.29 is 19.1 Å². The van der Waals surface area contributed by atoms with Crippen LogP contribution < -0.4 is 0 Å². The smallest absolute Gasteiger partial charge is 0.333 e. The van der Waals surface area contributed by atoms with Gasteiger partial charge in [0.05, 0.1) is 17.1 Å². The Labute approximate surface area is 191 Å². The summed E-state index contributed by atoms with van der Waals surface area (Å²) in [7, 11) is 0. The molecule has 0 saturated carbocycles. The quantitative estimate of drug-likeness (QED) is 0.374. The van der Waals surface area contributed by atoms with Crippen LogP contribution in [-0.2, 0) is 22.5 Å². The topological polar surface area (TPSA) is 77.5 Å². The van der Waals surface area contributed by atoms with Gasteiger partial charge in [-0.1, -0.05) is 29.8 Å². The number of rotatable bonds is 8. The molecule has 7 heteroatoms. The molecule has 6 nitrogen and oxygen atoms in total. The standard InChI is InChI=1S/C25H25ClN2O4/c1-4-31-23(25(29)30)13-17-9-10-22-18(15(17)2)11-12-28(22)14-21-16(3)32-24(27-21)19-7-5-6-8-20(19)26/h5-12,23H,4,13-14H2,1-3H3,(H,29,30). The summed E-state index contributed by atoms with van der Waals surface area (Å²) in [6, 6.07) is 13.5. The fourth-order valence-electron chi connectivity index (χ4n) is 3.93. The third kappa shape index (κ3) is 4.29. The fourth-order valence-corrected chi connectivity index (χ4v) is 4.14. The van der Waals surface area contributed by atoms with Crippen molar-refractivity contribution in [2.45, 2.75) is 39.8 Å². The van der Waals surface area contributed by atoms with E-state index in [2.05, 4.69) is 15.6 Å². The van der Waals surface area contributed by atoms with Crippen LogP contribution in [0.2, 0.25) is 5.02 Å². The Morgan fingerprint density at radius 3 is 2.72 bits per heavy atom. The van der Waals surface area contributed by atoms with E-state index in [1.54, 1.807) is 6.92 Å². The third-order valence-corrected chi connectivity index (χ3v) is 6.03. The molecule has 0 bridgehead atoms. The maximum Gasteiger partial charge on any atom is 0.333 e. The van der Waals surface area contributed by atoms with Crippen LogP contribution in [0.3, 0.4) is 0 Å². The predicted octanol–water partition coefficient (Wildman–Crippen LogP) is 5.65. The van der Waals surface area contributed by atoms with E-state index < -0.39 is 12.1 Å². The van der Waals surface area contributed by atoms with Gasteiger partial charge in [0.2, 0.25) is 5.89 Å². The number of ether oxygens (including phenoxy) is 1. The van der Waals surface area contributed by atoms with Crippen LogP contribution in [0.1, 0.15) is 29.5 Å². The summed E-state index contributed by atoms with van der Waals surface area (Å²) in [6.45, 7) is 6.64. The minimum absolute atomic E-state index is 0.333. The molecule has 2 heterocycles. The molecule has 2 aromatic carbocycles. The highest BCUT2D eigenvalue weighted by Crippen LogP contribution is 2.30. The molecule has 0 aliphatic rings. The van der Waals surface area contributed by atoms with Crippen molar-refractivity contribution in [1.29, 1.82) is 0 Å². The van der Waals surface area contributed by atoms with E-state index in [1.165, 1.54) is 0 Å². The maximum absolute atomic E-state index is 11.5. The van der Waals surface area contributed by atoms with Gasteiger partial charge >= 0.3 is 5.97 Å². The first-order valence-electron chi connectivity index (χ1n) is 10.5. The highest BCUT2D eigenvalue weighted by atomic mass is 35.5. The van der Waals surface area contributed by atoms with E-state index in [9.17, 15) is 9.90 Å². The first-order valence-corrected chi connectivity index (χ1v) is 10.9. The number of benzene rings is 2. The predicted molar refractivity (Wildman–Crippen MR) is 124 cm³/mol. The molecule has 4 rings (SSSR count). The van der Waals surface area contributed by atoms with Gasteiger partial charge in [-0.3, -0.25) is 0 Å². The zero-order chi connectivity index (χ0) is 22.8. The van der Waals surface area contributed by atoms with Crippen LogP contribution in [0, 0.1) is 13.8 Å². The average Bonchev–Trinajstić information content (AvgIpc) is 3.34. The van der Waals surface area contributed by atoms with Gasteiger partial charge in [0, 0.05) is 30.1 Å². The van der Waals surface area contributed by atoms with Crippen LogP contribution in [-0.4, -0.2) is 33.3 Å². The molecule has 4 aromatic rings. The van der Waals surface area contributed by atoms with Gasteiger partial charge in [-0.2, -0.15) is 0 Å².